The van der Waals surface area contributed by atoms with E-state index < -0.39 is 5.91 Å². The van der Waals surface area contributed by atoms with Gasteiger partial charge in [-0.25, -0.2) is 9.87 Å². The SMILES string of the molecule is O=C(NO)c1ccc(N2CCC(CNC3CC3c3ccc(F)cc3)CC2)cc1. The van der Waals surface area contributed by atoms with Crippen LogP contribution in [0.15, 0.2) is 48.5 Å². The second kappa shape index (κ2) is 8.29. The molecule has 1 saturated carbocycles. The summed E-state index contributed by atoms with van der Waals surface area (Å²) in [5.74, 6) is 0.530. The Kier molecular flexibility index (Phi) is 5.59. The molecule has 148 valence electrons. The number of hydrogen-bond acceptors (Lipinski definition) is 4. The van der Waals surface area contributed by atoms with E-state index in [2.05, 4.69) is 10.2 Å². The lowest BCUT2D eigenvalue weighted by Gasteiger charge is -2.34. The summed E-state index contributed by atoms with van der Waals surface area (Å²) in [6.07, 6.45) is 3.41. The molecule has 3 N–H and O–H groups in total. The van der Waals surface area contributed by atoms with Crippen molar-refractivity contribution in [1.29, 1.82) is 0 Å². The van der Waals surface area contributed by atoms with E-state index in [0.717, 1.165) is 44.6 Å². The molecular formula is C22H26FN3O2. The molecule has 2 aliphatic rings. The number of piperidine rings is 1. The van der Waals surface area contributed by atoms with Crippen LogP contribution < -0.4 is 15.7 Å². The maximum atomic E-state index is 13.0. The third-order valence-corrected chi connectivity index (χ3v) is 5.97. The van der Waals surface area contributed by atoms with Crippen molar-refractivity contribution >= 4 is 11.6 Å². The molecule has 2 atom stereocenters. The van der Waals surface area contributed by atoms with Crippen LogP contribution >= 0.6 is 0 Å². The number of amides is 1. The quantitative estimate of drug-likeness (QED) is 0.529. The van der Waals surface area contributed by atoms with Crippen molar-refractivity contribution in [3.8, 4) is 0 Å². The van der Waals surface area contributed by atoms with Gasteiger partial charge in [-0.1, -0.05) is 12.1 Å². The first-order chi connectivity index (χ1) is 13.6. The van der Waals surface area contributed by atoms with E-state index in [1.54, 1.807) is 29.7 Å². The van der Waals surface area contributed by atoms with Crippen molar-refractivity contribution in [2.75, 3.05) is 24.5 Å². The second-order valence-electron chi connectivity index (χ2n) is 7.83. The van der Waals surface area contributed by atoms with Gasteiger partial charge >= 0.3 is 0 Å². The zero-order chi connectivity index (χ0) is 19.5. The van der Waals surface area contributed by atoms with Crippen molar-refractivity contribution in [3.05, 3.63) is 65.5 Å². The summed E-state index contributed by atoms with van der Waals surface area (Å²) in [6.45, 7) is 3.04. The molecule has 0 radical (unpaired) electrons. The Balaban J connectivity index is 1.21. The molecule has 5 nitrogen and oxygen atoms in total. The highest BCUT2D eigenvalue weighted by Crippen LogP contribution is 2.41. The van der Waals surface area contributed by atoms with Crippen LogP contribution in [0.5, 0.6) is 0 Å². The third kappa shape index (κ3) is 4.34. The number of hydroxylamine groups is 1. The highest BCUT2D eigenvalue weighted by atomic mass is 19.1. The standard InChI is InChI=1S/C22H26FN3O2/c23-18-5-1-16(2-6-18)20-13-21(20)24-14-15-9-11-26(12-10-15)19-7-3-17(4-8-19)22(27)25-28/h1-8,15,20-21,24,28H,9-14H2,(H,25,27). The normalized spacial score (nSPS) is 22.1. The number of rotatable bonds is 6. The maximum absolute atomic E-state index is 13.0. The van der Waals surface area contributed by atoms with E-state index in [9.17, 15) is 9.18 Å². The monoisotopic (exact) mass is 383 g/mol. The third-order valence-electron chi connectivity index (χ3n) is 5.97. The number of hydrogen-bond donors (Lipinski definition) is 3. The summed E-state index contributed by atoms with van der Waals surface area (Å²) >= 11 is 0. The minimum Gasteiger partial charge on any atom is -0.372 e. The fourth-order valence-corrected chi connectivity index (χ4v) is 4.10. The van der Waals surface area contributed by atoms with Crippen molar-refractivity contribution in [3.63, 3.8) is 0 Å². The van der Waals surface area contributed by atoms with Gasteiger partial charge in [0.2, 0.25) is 0 Å². The van der Waals surface area contributed by atoms with Crippen LogP contribution in [0.1, 0.15) is 41.1 Å². The van der Waals surface area contributed by atoms with E-state index in [1.807, 2.05) is 24.3 Å². The lowest BCUT2D eigenvalue weighted by Crippen LogP contribution is -2.38. The van der Waals surface area contributed by atoms with Crippen molar-refractivity contribution < 1.29 is 14.4 Å². The average Bonchev–Trinajstić information content (AvgIpc) is 3.52. The van der Waals surface area contributed by atoms with E-state index in [1.165, 1.54) is 5.56 Å². The van der Waals surface area contributed by atoms with Gasteiger partial charge in [-0.15, -0.1) is 0 Å². The number of carbonyl (C=O) groups excluding carboxylic acids is 1. The molecular weight excluding hydrogens is 357 g/mol. The van der Waals surface area contributed by atoms with E-state index in [4.69, 9.17) is 5.21 Å². The number of nitrogens with one attached hydrogen (secondary N) is 2. The molecule has 4 rings (SSSR count). The number of benzene rings is 2. The molecule has 2 aromatic carbocycles. The van der Waals surface area contributed by atoms with Crippen LogP contribution in [0.2, 0.25) is 0 Å². The Labute approximate surface area is 164 Å². The van der Waals surface area contributed by atoms with Crippen LogP contribution in [0, 0.1) is 11.7 Å². The van der Waals surface area contributed by atoms with E-state index in [-0.39, 0.29) is 5.82 Å². The first kappa shape index (κ1) is 18.9. The molecule has 2 aromatic rings. The lowest BCUT2D eigenvalue weighted by molar-refractivity contribution is 0.0706. The number of nitrogens with zero attached hydrogens (tertiary/aromatic N) is 1. The smallest absolute Gasteiger partial charge is 0.274 e. The van der Waals surface area contributed by atoms with Gasteiger partial charge in [-0.3, -0.25) is 10.0 Å². The highest BCUT2D eigenvalue weighted by Gasteiger charge is 2.38. The minimum atomic E-state index is -0.490. The summed E-state index contributed by atoms with van der Waals surface area (Å²) in [5, 5.41) is 12.4. The first-order valence-electron chi connectivity index (χ1n) is 9.92. The van der Waals surface area contributed by atoms with Crippen molar-refractivity contribution in [2.24, 2.45) is 5.92 Å². The molecule has 1 aliphatic heterocycles. The van der Waals surface area contributed by atoms with Gasteiger partial charge < -0.3 is 10.2 Å². The Morgan fingerprint density at radius 2 is 1.75 bits per heavy atom. The topological polar surface area (TPSA) is 64.6 Å². The molecule has 1 amide bonds. The van der Waals surface area contributed by atoms with Crippen molar-refractivity contribution in [1.82, 2.24) is 10.8 Å². The molecule has 2 fully saturated rings. The summed E-state index contributed by atoms with van der Waals surface area (Å²) < 4.78 is 13.0. The molecule has 28 heavy (non-hydrogen) atoms. The summed E-state index contributed by atoms with van der Waals surface area (Å²) in [7, 11) is 0. The molecule has 2 unspecified atom stereocenters. The van der Waals surface area contributed by atoms with Crippen molar-refractivity contribution in [2.45, 2.75) is 31.2 Å². The molecule has 1 aliphatic carbocycles. The van der Waals surface area contributed by atoms with Crippen LogP contribution in [0.25, 0.3) is 0 Å². The zero-order valence-corrected chi connectivity index (χ0v) is 15.8. The van der Waals surface area contributed by atoms with Gasteiger partial charge in [-0.05, 0) is 73.7 Å². The van der Waals surface area contributed by atoms with Crippen LogP contribution in [-0.2, 0) is 0 Å². The van der Waals surface area contributed by atoms with Gasteiger partial charge in [0.1, 0.15) is 5.82 Å². The predicted octanol–water partition coefficient (Wildman–Crippen LogP) is 3.31. The molecule has 1 heterocycles. The molecule has 0 bridgehead atoms. The number of anilines is 1. The van der Waals surface area contributed by atoms with Gasteiger partial charge in [-0.2, -0.15) is 0 Å². The predicted molar refractivity (Wildman–Crippen MR) is 106 cm³/mol. The largest absolute Gasteiger partial charge is 0.372 e. The fraction of sp³-hybridized carbons (Fsp3) is 0.409. The number of carbonyl (C=O) groups is 1. The van der Waals surface area contributed by atoms with Crippen LogP contribution in [0.4, 0.5) is 10.1 Å². The summed E-state index contributed by atoms with van der Waals surface area (Å²) in [5.41, 5.74) is 4.44. The Morgan fingerprint density at radius 3 is 2.39 bits per heavy atom. The lowest BCUT2D eigenvalue weighted by atomic mass is 9.96. The van der Waals surface area contributed by atoms with Crippen LogP contribution in [0.3, 0.4) is 0 Å². The fourth-order valence-electron chi connectivity index (χ4n) is 4.10. The van der Waals surface area contributed by atoms with Gasteiger partial charge in [0, 0.05) is 36.3 Å². The van der Waals surface area contributed by atoms with Crippen LogP contribution in [-0.4, -0.2) is 36.8 Å². The first-order valence-corrected chi connectivity index (χ1v) is 9.92. The Hall–Kier alpha value is -2.44. The Morgan fingerprint density at radius 1 is 1.07 bits per heavy atom. The highest BCUT2D eigenvalue weighted by molar-refractivity contribution is 5.93. The maximum Gasteiger partial charge on any atom is 0.274 e. The molecule has 1 saturated heterocycles. The molecule has 6 heteroatoms. The average molecular weight is 383 g/mol. The van der Waals surface area contributed by atoms with E-state index in [0.29, 0.717) is 23.4 Å². The summed E-state index contributed by atoms with van der Waals surface area (Å²) in [6, 6.07) is 14.7. The number of halogens is 1. The zero-order valence-electron chi connectivity index (χ0n) is 15.8. The van der Waals surface area contributed by atoms with Gasteiger partial charge in [0.05, 0.1) is 0 Å². The summed E-state index contributed by atoms with van der Waals surface area (Å²) in [4.78, 5) is 13.7. The second-order valence-corrected chi connectivity index (χ2v) is 7.83. The van der Waals surface area contributed by atoms with E-state index >= 15 is 0 Å². The van der Waals surface area contributed by atoms with Gasteiger partial charge in [0.25, 0.3) is 5.91 Å². The van der Waals surface area contributed by atoms with Gasteiger partial charge in [0.15, 0.2) is 0 Å². The molecule has 0 aromatic heterocycles. The Bertz CT molecular complexity index is 802. The molecule has 0 spiro atoms. The minimum absolute atomic E-state index is 0.174.